The van der Waals surface area contributed by atoms with Crippen molar-refractivity contribution < 1.29 is 22.7 Å². The van der Waals surface area contributed by atoms with E-state index in [1.807, 2.05) is 0 Å². The number of halogens is 3. The minimum Gasteiger partial charge on any atom is -0.406 e. The third-order valence-electron chi connectivity index (χ3n) is 1.59. The quantitative estimate of drug-likeness (QED) is 0.888. The number of carbonyl (C=O) groups is 1. The molecule has 7 heteroatoms. The van der Waals surface area contributed by atoms with Crippen LogP contribution in [0.3, 0.4) is 0 Å². The van der Waals surface area contributed by atoms with Crippen molar-refractivity contribution in [1.82, 2.24) is 0 Å². The number of hydrogen-bond donors (Lipinski definition) is 1. The van der Waals surface area contributed by atoms with E-state index in [-0.39, 0.29) is 12.1 Å². The van der Waals surface area contributed by atoms with Gasteiger partial charge >= 0.3 is 6.36 Å². The van der Waals surface area contributed by atoms with Gasteiger partial charge in [0.25, 0.3) is 0 Å². The van der Waals surface area contributed by atoms with E-state index in [0.717, 1.165) is 12.1 Å². The molecule has 0 atom stereocenters. The average Bonchev–Trinajstić information content (AvgIpc) is 2.15. The summed E-state index contributed by atoms with van der Waals surface area (Å²) in [5.41, 5.74) is 0.131. The molecule has 4 nitrogen and oxygen atoms in total. The van der Waals surface area contributed by atoms with Crippen LogP contribution in [-0.2, 0) is 4.79 Å². The van der Waals surface area contributed by atoms with Crippen molar-refractivity contribution in [2.75, 3.05) is 5.32 Å². The predicted octanol–water partition coefficient (Wildman–Crippen LogP) is 2.44. The van der Waals surface area contributed by atoms with Crippen LogP contribution >= 0.6 is 0 Å². The highest BCUT2D eigenvalue weighted by molar-refractivity contribution is 5.92. The number of hydrogen-bond acceptors (Lipinski definition) is 3. The monoisotopic (exact) mass is 244 g/mol. The van der Waals surface area contributed by atoms with E-state index in [9.17, 15) is 18.0 Å². The summed E-state index contributed by atoms with van der Waals surface area (Å²) < 4.78 is 39.4. The molecule has 0 fully saturated rings. The van der Waals surface area contributed by atoms with Crippen molar-refractivity contribution >= 4 is 11.6 Å². The second kappa shape index (κ2) is 5.21. The van der Waals surface area contributed by atoms with E-state index >= 15 is 0 Å². The Kier molecular flexibility index (Phi) is 3.93. The molecule has 0 bridgehead atoms. The molecule has 0 heterocycles. The first-order chi connectivity index (χ1) is 7.90. The van der Waals surface area contributed by atoms with Crippen LogP contribution in [0.2, 0.25) is 0 Å². The molecule has 17 heavy (non-hydrogen) atoms. The zero-order valence-corrected chi connectivity index (χ0v) is 8.41. The lowest BCUT2D eigenvalue weighted by Crippen LogP contribution is -2.17. The molecular weight excluding hydrogens is 237 g/mol. The summed E-state index contributed by atoms with van der Waals surface area (Å²) in [5, 5.41) is 10.5. The van der Waals surface area contributed by atoms with Gasteiger partial charge in [0.15, 0.2) is 0 Å². The number of benzene rings is 1. The molecule has 0 aromatic heterocycles. The first-order valence-electron chi connectivity index (χ1n) is 4.43. The molecule has 0 saturated heterocycles. The standard InChI is InChI=1S/C10H7F3N2O2/c11-10(12,13)17-8-3-1-2-7(6-8)15-9(16)4-5-14/h1-3,6H,4H2,(H,15,16). The summed E-state index contributed by atoms with van der Waals surface area (Å²) in [6.07, 6.45) is -5.15. The Balaban J connectivity index is 2.73. The first-order valence-corrected chi connectivity index (χ1v) is 4.43. The summed E-state index contributed by atoms with van der Waals surface area (Å²) in [6, 6.07) is 6.42. The van der Waals surface area contributed by atoms with Crippen LogP contribution in [0.15, 0.2) is 24.3 Å². The summed E-state index contributed by atoms with van der Waals surface area (Å²) in [4.78, 5) is 11.0. The fourth-order valence-electron chi connectivity index (χ4n) is 1.05. The molecule has 0 radical (unpaired) electrons. The molecule has 0 unspecified atom stereocenters. The second-order valence-electron chi connectivity index (χ2n) is 2.96. The molecule has 0 spiro atoms. The predicted molar refractivity (Wildman–Crippen MR) is 52.0 cm³/mol. The Morgan fingerprint density at radius 2 is 2.18 bits per heavy atom. The molecule has 1 N–H and O–H groups in total. The lowest BCUT2D eigenvalue weighted by Gasteiger charge is -2.10. The number of amides is 1. The van der Waals surface area contributed by atoms with E-state index < -0.39 is 18.0 Å². The maximum atomic E-state index is 11.9. The Labute approximate surface area is 94.6 Å². The Morgan fingerprint density at radius 1 is 1.47 bits per heavy atom. The van der Waals surface area contributed by atoms with E-state index in [1.165, 1.54) is 12.1 Å². The molecule has 1 aromatic rings. The molecule has 0 aliphatic rings. The number of ether oxygens (including phenoxy) is 1. The van der Waals surface area contributed by atoms with Gasteiger partial charge < -0.3 is 10.1 Å². The first kappa shape index (κ1) is 12.8. The smallest absolute Gasteiger partial charge is 0.406 e. The Morgan fingerprint density at radius 3 is 2.76 bits per heavy atom. The SMILES string of the molecule is N#CCC(=O)Nc1cccc(OC(F)(F)F)c1. The van der Waals surface area contributed by atoms with E-state index in [0.29, 0.717) is 0 Å². The van der Waals surface area contributed by atoms with Gasteiger partial charge in [-0.05, 0) is 12.1 Å². The van der Waals surface area contributed by atoms with Crippen LogP contribution < -0.4 is 10.1 Å². The van der Waals surface area contributed by atoms with E-state index in [1.54, 1.807) is 6.07 Å². The van der Waals surface area contributed by atoms with Gasteiger partial charge in [0.2, 0.25) is 5.91 Å². The topological polar surface area (TPSA) is 62.1 Å². The van der Waals surface area contributed by atoms with Gasteiger partial charge in [0, 0.05) is 11.8 Å². The molecule has 1 aromatic carbocycles. The van der Waals surface area contributed by atoms with Crippen LogP contribution in [0.25, 0.3) is 0 Å². The third-order valence-corrected chi connectivity index (χ3v) is 1.59. The number of alkyl halides is 3. The fourth-order valence-corrected chi connectivity index (χ4v) is 1.05. The highest BCUT2D eigenvalue weighted by atomic mass is 19.4. The normalized spacial score (nSPS) is 10.5. The molecule has 0 saturated carbocycles. The van der Waals surface area contributed by atoms with Crippen molar-refractivity contribution in [1.29, 1.82) is 5.26 Å². The average molecular weight is 244 g/mol. The Bertz CT molecular complexity index is 452. The van der Waals surface area contributed by atoms with Gasteiger partial charge in [-0.15, -0.1) is 13.2 Å². The van der Waals surface area contributed by atoms with Gasteiger partial charge in [0.05, 0.1) is 6.07 Å². The lowest BCUT2D eigenvalue weighted by atomic mass is 10.3. The van der Waals surface area contributed by atoms with Crippen molar-refractivity contribution in [2.45, 2.75) is 12.8 Å². The van der Waals surface area contributed by atoms with Gasteiger partial charge in [0.1, 0.15) is 12.2 Å². The zero-order valence-electron chi connectivity index (χ0n) is 8.41. The highest BCUT2D eigenvalue weighted by Gasteiger charge is 2.31. The molecule has 1 amide bonds. The summed E-state index contributed by atoms with van der Waals surface area (Å²) >= 11 is 0. The fraction of sp³-hybridized carbons (Fsp3) is 0.200. The molecule has 90 valence electrons. The van der Waals surface area contributed by atoms with Gasteiger partial charge in [-0.3, -0.25) is 4.79 Å². The number of anilines is 1. The number of nitrogens with one attached hydrogen (secondary N) is 1. The van der Waals surface area contributed by atoms with Gasteiger partial charge in [-0.1, -0.05) is 6.07 Å². The highest BCUT2D eigenvalue weighted by Crippen LogP contribution is 2.24. The minimum absolute atomic E-state index is 0.131. The molecule has 1 rings (SSSR count). The van der Waals surface area contributed by atoms with Crippen molar-refractivity contribution in [3.05, 3.63) is 24.3 Å². The second-order valence-corrected chi connectivity index (χ2v) is 2.96. The summed E-state index contributed by atoms with van der Waals surface area (Å²) in [5.74, 6) is -1.04. The van der Waals surface area contributed by atoms with Crippen LogP contribution in [-0.4, -0.2) is 12.3 Å². The van der Waals surface area contributed by atoms with Gasteiger partial charge in [-0.25, -0.2) is 0 Å². The summed E-state index contributed by atoms with van der Waals surface area (Å²) in [6.45, 7) is 0. The third kappa shape index (κ3) is 4.88. The maximum Gasteiger partial charge on any atom is 0.573 e. The number of nitrogens with zero attached hydrogens (tertiary/aromatic N) is 1. The van der Waals surface area contributed by atoms with Crippen LogP contribution in [0, 0.1) is 11.3 Å². The van der Waals surface area contributed by atoms with E-state index in [2.05, 4.69) is 10.1 Å². The molecule has 0 aliphatic heterocycles. The zero-order chi connectivity index (χ0) is 12.9. The largest absolute Gasteiger partial charge is 0.573 e. The lowest BCUT2D eigenvalue weighted by molar-refractivity contribution is -0.274. The summed E-state index contributed by atoms with van der Waals surface area (Å²) in [7, 11) is 0. The van der Waals surface area contributed by atoms with Crippen LogP contribution in [0.1, 0.15) is 6.42 Å². The minimum atomic E-state index is -4.78. The van der Waals surface area contributed by atoms with Gasteiger partial charge in [-0.2, -0.15) is 5.26 Å². The van der Waals surface area contributed by atoms with Crippen LogP contribution in [0.5, 0.6) is 5.75 Å². The molecular formula is C10H7F3N2O2. The number of nitriles is 1. The van der Waals surface area contributed by atoms with Crippen LogP contribution in [0.4, 0.5) is 18.9 Å². The van der Waals surface area contributed by atoms with Crippen molar-refractivity contribution in [2.24, 2.45) is 0 Å². The molecule has 0 aliphatic carbocycles. The Hall–Kier alpha value is -2.23. The number of carbonyl (C=O) groups excluding carboxylic acids is 1. The van der Waals surface area contributed by atoms with Crippen molar-refractivity contribution in [3.8, 4) is 11.8 Å². The van der Waals surface area contributed by atoms with Crippen molar-refractivity contribution in [3.63, 3.8) is 0 Å². The van der Waals surface area contributed by atoms with E-state index in [4.69, 9.17) is 5.26 Å². The maximum absolute atomic E-state index is 11.9. The number of rotatable bonds is 3.